The Balaban J connectivity index is 3.18. The molecule has 0 aliphatic carbocycles. The molecule has 0 aliphatic heterocycles. The summed E-state index contributed by atoms with van der Waals surface area (Å²) in [5.41, 5.74) is -0.888. The second-order valence-corrected chi connectivity index (χ2v) is 3.76. The van der Waals surface area contributed by atoms with Gasteiger partial charge in [0, 0.05) is 6.20 Å². The van der Waals surface area contributed by atoms with Crippen LogP contribution in [0.25, 0.3) is 0 Å². The number of carbonyl (C=O) groups is 1. The summed E-state index contributed by atoms with van der Waals surface area (Å²) in [7, 11) is 0. The SMILES string of the molecule is CC(C#N)(CC(=O)O)c1ncccc1Cl. The van der Waals surface area contributed by atoms with E-state index in [0.29, 0.717) is 10.7 Å². The molecular formula is C10H9ClN2O2. The van der Waals surface area contributed by atoms with Crippen molar-refractivity contribution >= 4 is 17.6 Å². The number of carboxylic acids is 1. The molecule has 0 saturated carbocycles. The first-order valence-electron chi connectivity index (χ1n) is 4.23. The molecule has 0 radical (unpaired) electrons. The minimum Gasteiger partial charge on any atom is -0.481 e. The Bertz CT molecular complexity index is 428. The third-order valence-corrected chi connectivity index (χ3v) is 2.34. The molecule has 0 aromatic carbocycles. The van der Waals surface area contributed by atoms with Gasteiger partial charge < -0.3 is 5.11 Å². The fourth-order valence-electron chi connectivity index (χ4n) is 1.27. The van der Waals surface area contributed by atoms with Gasteiger partial charge in [-0.2, -0.15) is 5.26 Å². The van der Waals surface area contributed by atoms with Crippen molar-refractivity contribution in [3.05, 3.63) is 29.0 Å². The van der Waals surface area contributed by atoms with Crippen LogP contribution in [0.5, 0.6) is 0 Å². The van der Waals surface area contributed by atoms with Crippen LogP contribution in [0.1, 0.15) is 19.0 Å². The maximum Gasteiger partial charge on any atom is 0.305 e. The summed E-state index contributed by atoms with van der Waals surface area (Å²) < 4.78 is 0. The molecule has 1 aromatic rings. The minimum atomic E-state index is -1.19. The molecule has 1 N–H and O–H groups in total. The second kappa shape index (κ2) is 4.28. The molecule has 1 rings (SSSR count). The number of aromatic nitrogens is 1. The van der Waals surface area contributed by atoms with Gasteiger partial charge >= 0.3 is 5.97 Å². The standard InChI is InChI=1S/C10H9ClN2O2/c1-10(6-12,5-8(14)15)9-7(11)3-2-4-13-9/h2-4H,5H2,1H3,(H,14,15). The Morgan fingerprint density at radius 1 is 1.80 bits per heavy atom. The first kappa shape index (κ1) is 11.5. The highest BCUT2D eigenvalue weighted by Crippen LogP contribution is 2.30. The lowest BCUT2D eigenvalue weighted by molar-refractivity contribution is -0.137. The van der Waals surface area contributed by atoms with Gasteiger partial charge in [0.15, 0.2) is 0 Å². The van der Waals surface area contributed by atoms with Crippen LogP contribution in [-0.4, -0.2) is 16.1 Å². The third kappa shape index (κ3) is 2.45. The molecule has 1 atom stereocenters. The second-order valence-electron chi connectivity index (χ2n) is 3.35. The van der Waals surface area contributed by atoms with Gasteiger partial charge in [0.05, 0.1) is 23.2 Å². The number of carboxylic acid groups (broad SMARTS) is 1. The Hall–Kier alpha value is -1.60. The van der Waals surface area contributed by atoms with Crippen LogP contribution in [0.15, 0.2) is 18.3 Å². The van der Waals surface area contributed by atoms with E-state index in [0.717, 1.165) is 0 Å². The summed E-state index contributed by atoms with van der Waals surface area (Å²) in [5.74, 6) is -1.05. The number of hydrogen-bond donors (Lipinski definition) is 1. The highest BCUT2D eigenvalue weighted by Gasteiger charge is 2.33. The molecule has 0 spiro atoms. The van der Waals surface area contributed by atoms with Crippen molar-refractivity contribution in [1.29, 1.82) is 5.26 Å². The van der Waals surface area contributed by atoms with Gasteiger partial charge in [0.2, 0.25) is 0 Å². The van der Waals surface area contributed by atoms with E-state index < -0.39 is 11.4 Å². The van der Waals surface area contributed by atoms with Gasteiger partial charge in [-0.05, 0) is 19.1 Å². The molecule has 78 valence electrons. The summed E-state index contributed by atoms with van der Waals surface area (Å²) in [6.45, 7) is 1.51. The molecule has 1 heterocycles. The minimum absolute atomic E-state index is 0.302. The Morgan fingerprint density at radius 3 is 2.93 bits per heavy atom. The largest absolute Gasteiger partial charge is 0.481 e. The van der Waals surface area contributed by atoms with Crippen LogP contribution in [0, 0.1) is 11.3 Å². The summed E-state index contributed by atoms with van der Waals surface area (Å²) in [5, 5.41) is 18.0. The summed E-state index contributed by atoms with van der Waals surface area (Å²) in [6.07, 6.45) is 1.17. The highest BCUT2D eigenvalue weighted by atomic mass is 35.5. The maximum atomic E-state index is 10.6. The van der Waals surface area contributed by atoms with E-state index >= 15 is 0 Å². The van der Waals surface area contributed by atoms with Gasteiger partial charge in [-0.15, -0.1) is 0 Å². The number of hydrogen-bond acceptors (Lipinski definition) is 3. The Kier molecular flexibility index (Phi) is 3.28. The van der Waals surface area contributed by atoms with E-state index in [-0.39, 0.29) is 6.42 Å². The molecule has 0 bridgehead atoms. The molecule has 1 aromatic heterocycles. The molecule has 5 heteroatoms. The number of nitrogens with zero attached hydrogens (tertiary/aromatic N) is 2. The lowest BCUT2D eigenvalue weighted by Gasteiger charge is -2.19. The summed E-state index contributed by atoms with van der Waals surface area (Å²) in [6, 6.07) is 5.15. The fraction of sp³-hybridized carbons (Fsp3) is 0.300. The van der Waals surface area contributed by atoms with Crippen LogP contribution < -0.4 is 0 Å². The molecular weight excluding hydrogens is 216 g/mol. The molecule has 0 fully saturated rings. The molecule has 15 heavy (non-hydrogen) atoms. The summed E-state index contributed by atoms with van der Waals surface area (Å²) in [4.78, 5) is 14.6. The zero-order chi connectivity index (χ0) is 11.5. The number of aliphatic carboxylic acids is 1. The first-order chi connectivity index (χ1) is 6.99. The van der Waals surface area contributed by atoms with E-state index in [9.17, 15) is 4.79 Å². The first-order valence-corrected chi connectivity index (χ1v) is 4.61. The Labute approximate surface area is 92.1 Å². The average molecular weight is 225 g/mol. The van der Waals surface area contributed by atoms with Gasteiger partial charge in [0.25, 0.3) is 0 Å². The Morgan fingerprint density at radius 2 is 2.47 bits per heavy atom. The maximum absolute atomic E-state index is 10.6. The van der Waals surface area contributed by atoms with Gasteiger partial charge in [-0.3, -0.25) is 9.78 Å². The van der Waals surface area contributed by atoms with Crippen LogP contribution in [0.3, 0.4) is 0 Å². The van der Waals surface area contributed by atoms with Gasteiger partial charge in [0.1, 0.15) is 5.41 Å². The van der Waals surface area contributed by atoms with Crippen LogP contribution in [0.2, 0.25) is 5.02 Å². The van der Waals surface area contributed by atoms with Crippen LogP contribution in [0.4, 0.5) is 0 Å². The number of rotatable bonds is 3. The molecule has 0 saturated heterocycles. The molecule has 1 unspecified atom stereocenters. The normalized spacial score (nSPS) is 13.9. The number of nitriles is 1. The topological polar surface area (TPSA) is 74.0 Å². The van der Waals surface area contributed by atoms with Crippen molar-refractivity contribution < 1.29 is 9.90 Å². The number of halogens is 1. The average Bonchev–Trinajstić information content (AvgIpc) is 2.17. The van der Waals surface area contributed by atoms with Gasteiger partial charge in [-0.25, -0.2) is 0 Å². The zero-order valence-electron chi connectivity index (χ0n) is 8.07. The molecule has 0 aliphatic rings. The van der Waals surface area contributed by atoms with Gasteiger partial charge in [-0.1, -0.05) is 11.6 Å². The predicted octanol–water partition coefficient (Wildman–Crippen LogP) is 1.99. The van der Waals surface area contributed by atoms with Crippen LogP contribution in [-0.2, 0) is 10.2 Å². The van der Waals surface area contributed by atoms with E-state index in [1.54, 1.807) is 12.1 Å². The lowest BCUT2D eigenvalue weighted by atomic mass is 9.84. The lowest BCUT2D eigenvalue weighted by Crippen LogP contribution is -2.25. The third-order valence-electron chi connectivity index (χ3n) is 2.03. The van der Waals surface area contributed by atoms with E-state index in [4.69, 9.17) is 22.0 Å². The van der Waals surface area contributed by atoms with Crippen LogP contribution >= 0.6 is 11.6 Å². The van der Waals surface area contributed by atoms with E-state index in [1.165, 1.54) is 13.1 Å². The van der Waals surface area contributed by atoms with Crippen molar-refractivity contribution in [3.8, 4) is 6.07 Å². The van der Waals surface area contributed by atoms with Crippen molar-refractivity contribution in [3.63, 3.8) is 0 Å². The smallest absolute Gasteiger partial charge is 0.305 e. The zero-order valence-corrected chi connectivity index (χ0v) is 8.82. The molecule has 0 amide bonds. The quantitative estimate of drug-likeness (QED) is 0.852. The highest BCUT2D eigenvalue weighted by molar-refractivity contribution is 6.31. The van der Waals surface area contributed by atoms with Crippen molar-refractivity contribution in [2.75, 3.05) is 0 Å². The predicted molar refractivity (Wildman–Crippen MR) is 54.5 cm³/mol. The molecule has 4 nitrogen and oxygen atoms in total. The van der Waals surface area contributed by atoms with E-state index in [1.807, 2.05) is 6.07 Å². The van der Waals surface area contributed by atoms with Crippen molar-refractivity contribution in [2.24, 2.45) is 0 Å². The fourth-order valence-corrected chi connectivity index (χ4v) is 1.60. The van der Waals surface area contributed by atoms with Crippen molar-refractivity contribution in [1.82, 2.24) is 4.98 Å². The summed E-state index contributed by atoms with van der Waals surface area (Å²) >= 11 is 5.86. The monoisotopic (exact) mass is 224 g/mol. The van der Waals surface area contributed by atoms with E-state index in [2.05, 4.69) is 4.98 Å². The van der Waals surface area contributed by atoms with Crippen molar-refractivity contribution in [2.45, 2.75) is 18.8 Å². The number of pyridine rings is 1.